The van der Waals surface area contributed by atoms with Crippen molar-refractivity contribution >= 4 is 39.9 Å². The van der Waals surface area contributed by atoms with Crippen molar-refractivity contribution in [1.29, 1.82) is 0 Å². The molecule has 1 heterocycles. The van der Waals surface area contributed by atoms with Gasteiger partial charge in [0.1, 0.15) is 5.82 Å². The van der Waals surface area contributed by atoms with Crippen LogP contribution in [0.15, 0.2) is 71.7 Å². The quantitative estimate of drug-likeness (QED) is 0.279. The molecule has 1 aromatic heterocycles. The summed E-state index contributed by atoms with van der Waals surface area (Å²) in [4.78, 5) is 35.0. The smallest absolute Gasteiger partial charge is 0.307 e. The molecule has 4 aromatic rings. The number of aliphatic carboxylic acids is 1. The second kappa shape index (κ2) is 11.3. The second-order valence-electron chi connectivity index (χ2n) is 9.29. The standard InChI is InChI=1S/C29H29FN4O4/c1-33(2)14-13-25(35)34(3)22-10-8-21(9-11-22)31-28(19-6-4-5-18(15-19)16-26(36)37)27-23-12-7-20(30)17-24(23)32-29(27)38/h4-12,15,17,32,38H,13-14,16H2,1-3H3,(H,36,37). The van der Waals surface area contributed by atoms with Crippen LogP contribution in [0.4, 0.5) is 15.8 Å². The van der Waals surface area contributed by atoms with Crippen LogP contribution in [0.1, 0.15) is 23.1 Å². The summed E-state index contributed by atoms with van der Waals surface area (Å²) < 4.78 is 13.9. The molecular weight excluding hydrogens is 487 g/mol. The number of aromatic amines is 1. The molecule has 0 saturated carbocycles. The Morgan fingerprint density at radius 3 is 2.42 bits per heavy atom. The summed E-state index contributed by atoms with van der Waals surface area (Å²) in [5.74, 6) is -1.62. The minimum absolute atomic E-state index is 0.0122. The van der Waals surface area contributed by atoms with Crippen molar-refractivity contribution in [2.45, 2.75) is 12.8 Å². The van der Waals surface area contributed by atoms with Gasteiger partial charge < -0.3 is 25.0 Å². The number of fused-ring (bicyclic) bond motifs is 1. The molecule has 0 saturated heterocycles. The Labute approximate surface area is 219 Å². The second-order valence-corrected chi connectivity index (χ2v) is 9.29. The molecule has 0 aliphatic rings. The third kappa shape index (κ3) is 6.07. The molecule has 196 valence electrons. The number of aromatic hydroxyl groups is 1. The summed E-state index contributed by atoms with van der Waals surface area (Å²) in [7, 11) is 5.55. The molecule has 0 bridgehead atoms. The number of carbonyl (C=O) groups is 2. The van der Waals surface area contributed by atoms with Crippen molar-refractivity contribution in [3.63, 3.8) is 0 Å². The van der Waals surface area contributed by atoms with Crippen LogP contribution in [0.5, 0.6) is 5.88 Å². The molecule has 0 fully saturated rings. The van der Waals surface area contributed by atoms with Crippen LogP contribution < -0.4 is 4.90 Å². The molecule has 4 rings (SSSR count). The van der Waals surface area contributed by atoms with Gasteiger partial charge >= 0.3 is 5.97 Å². The molecule has 0 unspecified atom stereocenters. The third-order valence-corrected chi connectivity index (χ3v) is 6.16. The van der Waals surface area contributed by atoms with E-state index in [9.17, 15) is 24.2 Å². The minimum Gasteiger partial charge on any atom is -0.494 e. The van der Waals surface area contributed by atoms with E-state index >= 15 is 0 Å². The highest BCUT2D eigenvalue weighted by Crippen LogP contribution is 2.32. The number of hydrogen-bond donors (Lipinski definition) is 3. The molecule has 8 nitrogen and oxygen atoms in total. The third-order valence-electron chi connectivity index (χ3n) is 6.16. The number of hydrogen-bond acceptors (Lipinski definition) is 5. The SMILES string of the molecule is CN(C)CCC(=O)N(C)c1ccc(N=C(c2cccc(CC(=O)O)c2)c2c(O)[nH]c3cc(F)ccc23)cc1. The number of benzene rings is 3. The molecule has 1 amide bonds. The number of aliphatic imine (C=N–C) groups is 1. The first-order valence-electron chi connectivity index (χ1n) is 12.0. The topological polar surface area (TPSA) is 109 Å². The van der Waals surface area contributed by atoms with Crippen LogP contribution >= 0.6 is 0 Å². The van der Waals surface area contributed by atoms with Crippen LogP contribution in [0, 0.1) is 5.82 Å². The number of nitrogens with zero attached hydrogens (tertiary/aromatic N) is 3. The predicted octanol–water partition coefficient (Wildman–Crippen LogP) is 4.72. The first-order chi connectivity index (χ1) is 18.1. The molecule has 3 N–H and O–H groups in total. The van der Waals surface area contributed by atoms with Gasteiger partial charge in [0.25, 0.3) is 0 Å². The van der Waals surface area contributed by atoms with Gasteiger partial charge in [-0.2, -0.15) is 0 Å². The van der Waals surface area contributed by atoms with Crippen molar-refractivity contribution in [2.24, 2.45) is 4.99 Å². The maximum Gasteiger partial charge on any atom is 0.307 e. The average molecular weight is 517 g/mol. The molecule has 0 aliphatic carbocycles. The maximum atomic E-state index is 13.9. The van der Waals surface area contributed by atoms with Crippen LogP contribution in [0.2, 0.25) is 0 Å². The lowest BCUT2D eigenvalue weighted by Gasteiger charge is -2.19. The lowest BCUT2D eigenvalue weighted by molar-refractivity contribution is -0.136. The number of amides is 1. The normalized spacial score (nSPS) is 11.8. The largest absolute Gasteiger partial charge is 0.494 e. The number of H-pyrrole nitrogens is 1. The highest BCUT2D eigenvalue weighted by molar-refractivity contribution is 6.22. The van der Waals surface area contributed by atoms with Crippen LogP contribution in [0.3, 0.4) is 0 Å². The average Bonchev–Trinajstić information content (AvgIpc) is 3.19. The van der Waals surface area contributed by atoms with E-state index in [0.717, 1.165) is 0 Å². The molecule has 38 heavy (non-hydrogen) atoms. The Bertz CT molecular complexity index is 1510. The highest BCUT2D eigenvalue weighted by atomic mass is 19.1. The van der Waals surface area contributed by atoms with Crippen LogP contribution in [0.25, 0.3) is 10.9 Å². The summed E-state index contributed by atoms with van der Waals surface area (Å²) in [5, 5.41) is 20.6. The monoisotopic (exact) mass is 516 g/mol. The highest BCUT2D eigenvalue weighted by Gasteiger charge is 2.20. The van der Waals surface area contributed by atoms with Crippen LogP contribution in [-0.2, 0) is 16.0 Å². The minimum atomic E-state index is -0.967. The zero-order valence-electron chi connectivity index (χ0n) is 21.4. The van der Waals surface area contributed by atoms with Gasteiger partial charge in [0.15, 0.2) is 5.88 Å². The molecule has 0 atom stereocenters. The van der Waals surface area contributed by atoms with Gasteiger partial charge in [-0.15, -0.1) is 0 Å². The van der Waals surface area contributed by atoms with Gasteiger partial charge in [0, 0.05) is 36.7 Å². The molecule has 0 aliphatic heterocycles. The number of carbonyl (C=O) groups excluding carboxylic acids is 1. The number of nitrogens with one attached hydrogen (secondary N) is 1. The Kier molecular flexibility index (Phi) is 7.87. The number of halogens is 1. The van der Waals surface area contributed by atoms with Crippen molar-refractivity contribution in [3.8, 4) is 5.88 Å². The van der Waals surface area contributed by atoms with Crippen molar-refractivity contribution in [1.82, 2.24) is 9.88 Å². The van der Waals surface area contributed by atoms with E-state index in [1.54, 1.807) is 66.5 Å². The number of carboxylic acid groups (broad SMARTS) is 1. The van der Waals surface area contributed by atoms with Gasteiger partial charge in [-0.3, -0.25) is 9.59 Å². The lowest BCUT2D eigenvalue weighted by atomic mass is 9.98. The van der Waals surface area contributed by atoms with Crippen molar-refractivity contribution in [2.75, 3.05) is 32.6 Å². The van der Waals surface area contributed by atoms with E-state index < -0.39 is 11.8 Å². The fourth-order valence-electron chi connectivity index (χ4n) is 4.17. The first-order valence-corrected chi connectivity index (χ1v) is 12.0. The van der Waals surface area contributed by atoms with Gasteiger partial charge in [0.05, 0.1) is 28.9 Å². The fraction of sp³-hybridized carbons (Fsp3) is 0.207. The van der Waals surface area contributed by atoms with E-state index in [-0.39, 0.29) is 18.2 Å². The maximum absolute atomic E-state index is 13.9. The molecule has 9 heteroatoms. The van der Waals surface area contributed by atoms with E-state index in [1.165, 1.54) is 12.1 Å². The number of anilines is 1. The predicted molar refractivity (Wildman–Crippen MR) is 146 cm³/mol. The van der Waals surface area contributed by atoms with E-state index in [4.69, 9.17) is 4.99 Å². The Morgan fingerprint density at radius 1 is 1.00 bits per heavy atom. The van der Waals surface area contributed by atoms with Crippen LogP contribution in [-0.4, -0.2) is 65.4 Å². The summed E-state index contributed by atoms with van der Waals surface area (Å²) in [6, 6.07) is 18.2. The number of rotatable bonds is 9. The molecule has 0 radical (unpaired) electrons. The summed E-state index contributed by atoms with van der Waals surface area (Å²) >= 11 is 0. The van der Waals surface area contributed by atoms with Gasteiger partial charge in [-0.25, -0.2) is 9.38 Å². The van der Waals surface area contributed by atoms with E-state index in [0.29, 0.717) is 57.6 Å². The van der Waals surface area contributed by atoms with E-state index in [1.807, 2.05) is 19.0 Å². The van der Waals surface area contributed by atoms with Gasteiger partial charge in [0.2, 0.25) is 5.91 Å². The molecule has 0 spiro atoms. The van der Waals surface area contributed by atoms with E-state index in [2.05, 4.69) is 4.98 Å². The Balaban J connectivity index is 1.77. The zero-order valence-corrected chi connectivity index (χ0v) is 21.4. The number of carboxylic acids is 1. The summed E-state index contributed by atoms with van der Waals surface area (Å²) in [5.41, 5.74) is 3.58. The summed E-state index contributed by atoms with van der Waals surface area (Å²) in [6.07, 6.45) is 0.218. The Morgan fingerprint density at radius 2 is 1.74 bits per heavy atom. The molecular formula is C29H29FN4O4. The first kappa shape index (κ1) is 26.6. The Hall–Kier alpha value is -4.50. The van der Waals surface area contributed by atoms with Gasteiger partial charge in [-0.05, 0) is 68.2 Å². The number of aromatic nitrogens is 1. The van der Waals surface area contributed by atoms with Crippen molar-refractivity contribution in [3.05, 3.63) is 89.2 Å². The molecule has 3 aromatic carbocycles. The van der Waals surface area contributed by atoms with Crippen molar-refractivity contribution < 1.29 is 24.2 Å². The lowest BCUT2D eigenvalue weighted by Crippen LogP contribution is -2.29. The fourth-order valence-corrected chi connectivity index (χ4v) is 4.17. The summed E-state index contributed by atoms with van der Waals surface area (Å²) in [6.45, 7) is 0.647. The zero-order chi connectivity index (χ0) is 27.4. The van der Waals surface area contributed by atoms with Gasteiger partial charge in [-0.1, -0.05) is 18.2 Å².